The van der Waals surface area contributed by atoms with E-state index in [1.807, 2.05) is 7.11 Å². The Balaban J connectivity index is 1.48. The molecular weight excluding hydrogens is 234 g/mol. The van der Waals surface area contributed by atoms with Crippen molar-refractivity contribution in [3.8, 4) is 0 Å². The molecule has 2 nitrogen and oxygen atoms in total. The van der Waals surface area contributed by atoms with Crippen molar-refractivity contribution in [1.82, 2.24) is 4.90 Å². The quantitative estimate of drug-likeness (QED) is 0.824. The summed E-state index contributed by atoms with van der Waals surface area (Å²) in [6.07, 6.45) is 2.17. The summed E-state index contributed by atoms with van der Waals surface area (Å²) in [5.41, 5.74) is 3.01. The predicted octanol–water partition coefficient (Wildman–Crippen LogP) is 2.37. The van der Waals surface area contributed by atoms with Crippen LogP contribution in [0.3, 0.4) is 0 Å². The van der Waals surface area contributed by atoms with Crippen molar-refractivity contribution < 1.29 is 4.74 Å². The molecule has 0 N–H and O–H groups in total. The van der Waals surface area contributed by atoms with Gasteiger partial charge < -0.3 is 4.74 Å². The SMILES string of the molecule is COC1(CN2CC3C(C)C3C2)Cc2ccccc2C1. The van der Waals surface area contributed by atoms with Crippen LogP contribution in [0.25, 0.3) is 0 Å². The summed E-state index contributed by atoms with van der Waals surface area (Å²) in [6.45, 7) is 6.11. The van der Waals surface area contributed by atoms with Crippen molar-refractivity contribution in [1.29, 1.82) is 0 Å². The molecule has 19 heavy (non-hydrogen) atoms. The Kier molecular flexibility index (Phi) is 2.55. The number of methoxy groups -OCH3 is 1. The number of piperidine rings is 1. The van der Waals surface area contributed by atoms with Crippen molar-refractivity contribution >= 4 is 0 Å². The highest BCUT2D eigenvalue weighted by Crippen LogP contribution is 2.51. The lowest BCUT2D eigenvalue weighted by Crippen LogP contribution is -2.45. The van der Waals surface area contributed by atoms with E-state index < -0.39 is 0 Å². The Labute approximate surface area is 115 Å². The zero-order chi connectivity index (χ0) is 13.0. The number of benzene rings is 1. The zero-order valence-electron chi connectivity index (χ0n) is 11.9. The highest BCUT2D eigenvalue weighted by atomic mass is 16.5. The van der Waals surface area contributed by atoms with E-state index in [1.54, 1.807) is 0 Å². The third-order valence-electron chi connectivity index (χ3n) is 5.79. The Bertz CT molecular complexity index is 461. The summed E-state index contributed by atoms with van der Waals surface area (Å²) in [5, 5.41) is 0. The Morgan fingerprint density at radius 3 is 2.26 bits per heavy atom. The van der Waals surface area contributed by atoms with Gasteiger partial charge in [-0.3, -0.25) is 4.90 Å². The summed E-state index contributed by atoms with van der Waals surface area (Å²) >= 11 is 0. The average Bonchev–Trinajstić information content (AvgIpc) is 2.85. The van der Waals surface area contributed by atoms with Gasteiger partial charge in [0.1, 0.15) is 0 Å². The number of ether oxygens (including phenoxy) is 1. The minimum absolute atomic E-state index is 0.0315. The fourth-order valence-electron chi connectivity index (χ4n) is 4.43. The molecule has 0 radical (unpaired) electrons. The van der Waals surface area contributed by atoms with Crippen molar-refractivity contribution in [3.63, 3.8) is 0 Å². The Morgan fingerprint density at radius 1 is 1.16 bits per heavy atom. The summed E-state index contributed by atoms with van der Waals surface area (Å²) in [4.78, 5) is 2.64. The fraction of sp³-hybridized carbons (Fsp3) is 0.647. The van der Waals surface area contributed by atoms with Gasteiger partial charge in [-0.1, -0.05) is 31.2 Å². The zero-order valence-corrected chi connectivity index (χ0v) is 11.9. The average molecular weight is 257 g/mol. The number of fused-ring (bicyclic) bond motifs is 2. The van der Waals surface area contributed by atoms with Gasteiger partial charge in [-0.2, -0.15) is 0 Å². The van der Waals surface area contributed by atoms with Crippen LogP contribution < -0.4 is 0 Å². The smallest absolute Gasteiger partial charge is 0.0885 e. The van der Waals surface area contributed by atoms with Crippen molar-refractivity contribution in [3.05, 3.63) is 35.4 Å². The molecule has 1 aromatic rings. The maximum Gasteiger partial charge on any atom is 0.0885 e. The normalized spacial score (nSPS) is 35.2. The predicted molar refractivity (Wildman–Crippen MR) is 76.2 cm³/mol. The van der Waals surface area contributed by atoms with E-state index in [0.29, 0.717) is 0 Å². The molecule has 0 spiro atoms. The first-order chi connectivity index (χ1) is 9.21. The number of hydrogen-bond donors (Lipinski definition) is 0. The van der Waals surface area contributed by atoms with E-state index in [0.717, 1.165) is 37.1 Å². The van der Waals surface area contributed by atoms with Gasteiger partial charge in [-0.05, 0) is 28.9 Å². The van der Waals surface area contributed by atoms with Crippen LogP contribution in [-0.2, 0) is 17.6 Å². The van der Waals surface area contributed by atoms with Crippen LogP contribution in [-0.4, -0.2) is 37.2 Å². The van der Waals surface area contributed by atoms with Crippen LogP contribution in [0.1, 0.15) is 18.1 Å². The first kappa shape index (κ1) is 11.9. The lowest BCUT2D eigenvalue weighted by molar-refractivity contribution is -0.0270. The van der Waals surface area contributed by atoms with Gasteiger partial charge in [-0.15, -0.1) is 0 Å². The molecule has 3 aliphatic rings. The number of likely N-dealkylation sites (tertiary alicyclic amines) is 1. The molecule has 4 rings (SSSR count). The molecule has 102 valence electrons. The lowest BCUT2D eigenvalue weighted by Gasteiger charge is -2.33. The molecule has 0 amide bonds. The van der Waals surface area contributed by atoms with Gasteiger partial charge in [0.05, 0.1) is 5.60 Å². The lowest BCUT2D eigenvalue weighted by atomic mass is 9.99. The van der Waals surface area contributed by atoms with Gasteiger partial charge in [-0.25, -0.2) is 0 Å². The molecular formula is C17H23NO. The molecule has 0 aromatic heterocycles. The molecule has 1 aromatic carbocycles. The minimum atomic E-state index is 0.0315. The highest BCUT2D eigenvalue weighted by molar-refractivity contribution is 5.35. The number of hydrogen-bond acceptors (Lipinski definition) is 2. The van der Waals surface area contributed by atoms with Crippen LogP contribution in [0.5, 0.6) is 0 Å². The van der Waals surface area contributed by atoms with Crippen LogP contribution in [0.2, 0.25) is 0 Å². The number of rotatable bonds is 3. The van der Waals surface area contributed by atoms with E-state index in [-0.39, 0.29) is 5.60 Å². The third kappa shape index (κ3) is 1.85. The van der Waals surface area contributed by atoms with E-state index in [9.17, 15) is 0 Å². The molecule has 0 bridgehead atoms. The second kappa shape index (κ2) is 4.07. The third-order valence-corrected chi connectivity index (χ3v) is 5.79. The Hall–Kier alpha value is -0.860. The van der Waals surface area contributed by atoms with Crippen LogP contribution in [0.4, 0.5) is 0 Å². The van der Waals surface area contributed by atoms with Crippen LogP contribution in [0, 0.1) is 17.8 Å². The second-order valence-corrected chi connectivity index (χ2v) is 6.89. The van der Waals surface area contributed by atoms with Crippen molar-refractivity contribution in [2.24, 2.45) is 17.8 Å². The molecule has 2 atom stereocenters. The minimum Gasteiger partial charge on any atom is -0.376 e. The topological polar surface area (TPSA) is 12.5 Å². The standard InChI is InChI=1S/C17H23NO/c1-12-15-9-18(10-16(12)15)11-17(19-2)7-13-5-3-4-6-14(13)8-17/h3-6,12,15-16H,7-11H2,1-2H3. The summed E-state index contributed by atoms with van der Waals surface area (Å²) in [7, 11) is 1.89. The van der Waals surface area contributed by atoms with E-state index in [2.05, 4.69) is 36.1 Å². The first-order valence-electron chi connectivity index (χ1n) is 7.55. The molecule has 1 saturated heterocycles. The van der Waals surface area contributed by atoms with Gasteiger partial charge in [0, 0.05) is 39.6 Å². The Morgan fingerprint density at radius 2 is 1.74 bits per heavy atom. The summed E-state index contributed by atoms with van der Waals surface area (Å²) < 4.78 is 5.98. The van der Waals surface area contributed by atoms with Gasteiger partial charge >= 0.3 is 0 Å². The summed E-state index contributed by atoms with van der Waals surface area (Å²) in [5.74, 6) is 2.95. The second-order valence-electron chi connectivity index (χ2n) is 6.89. The van der Waals surface area contributed by atoms with Crippen LogP contribution in [0.15, 0.2) is 24.3 Å². The molecule has 2 aliphatic carbocycles. The molecule has 2 unspecified atom stereocenters. The van der Waals surface area contributed by atoms with E-state index in [1.165, 1.54) is 24.2 Å². The van der Waals surface area contributed by atoms with Gasteiger partial charge in [0.25, 0.3) is 0 Å². The molecule has 2 fully saturated rings. The first-order valence-corrected chi connectivity index (χ1v) is 7.55. The fourth-order valence-corrected chi connectivity index (χ4v) is 4.43. The van der Waals surface area contributed by atoms with Crippen molar-refractivity contribution in [2.45, 2.75) is 25.4 Å². The molecule has 1 aliphatic heterocycles. The molecule has 1 heterocycles. The maximum absolute atomic E-state index is 5.98. The van der Waals surface area contributed by atoms with E-state index in [4.69, 9.17) is 4.74 Å². The monoisotopic (exact) mass is 257 g/mol. The largest absolute Gasteiger partial charge is 0.376 e. The number of nitrogens with zero attached hydrogens (tertiary/aromatic N) is 1. The maximum atomic E-state index is 5.98. The van der Waals surface area contributed by atoms with Gasteiger partial charge in [0.2, 0.25) is 0 Å². The highest BCUT2D eigenvalue weighted by Gasteiger charge is 2.53. The summed E-state index contributed by atoms with van der Waals surface area (Å²) in [6, 6.07) is 8.83. The molecule has 2 heteroatoms. The van der Waals surface area contributed by atoms with E-state index >= 15 is 0 Å². The molecule has 1 saturated carbocycles. The van der Waals surface area contributed by atoms with Crippen molar-refractivity contribution in [2.75, 3.05) is 26.7 Å². The van der Waals surface area contributed by atoms with Gasteiger partial charge in [0.15, 0.2) is 0 Å². The van der Waals surface area contributed by atoms with Crippen LogP contribution >= 0.6 is 0 Å².